The monoisotopic (exact) mass is 488 g/mol. The number of aromatic nitrogens is 4. The molecule has 8 nitrogen and oxygen atoms in total. The average molecular weight is 489 g/mol. The number of aryl methyl sites for hydroxylation is 1. The van der Waals surface area contributed by atoms with Crippen LogP contribution in [0.3, 0.4) is 0 Å². The van der Waals surface area contributed by atoms with Crippen LogP contribution in [0.2, 0.25) is 0 Å². The topological polar surface area (TPSA) is 68.3 Å². The highest BCUT2D eigenvalue weighted by molar-refractivity contribution is 5.71. The lowest BCUT2D eigenvalue weighted by atomic mass is 10.2. The van der Waals surface area contributed by atoms with Gasteiger partial charge in [0.15, 0.2) is 11.2 Å². The molecule has 0 atom stereocenters. The van der Waals surface area contributed by atoms with E-state index in [4.69, 9.17) is 4.98 Å². The molecular formula is C27H29FN6O2. The van der Waals surface area contributed by atoms with Crippen LogP contribution in [0, 0.1) is 5.82 Å². The zero-order valence-corrected chi connectivity index (χ0v) is 20.5. The second-order valence-electron chi connectivity index (χ2n) is 9.04. The maximum absolute atomic E-state index is 14.2. The van der Waals surface area contributed by atoms with Crippen LogP contribution in [0.5, 0.6) is 0 Å². The van der Waals surface area contributed by atoms with Crippen LogP contribution in [0.4, 0.5) is 10.1 Å². The number of hydrogen-bond donors (Lipinski definition) is 0. The van der Waals surface area contributed by atoms with E-state index >= 15 is 0 Å². The number of para-hydroxylation sites is 1. The van der Waals surface area contributed by atoms with Gasteiger partial charge in [-0.05, 0) is 17.7 Å². The van der Waals surface area contributed by atoms with E-state index in [9.17, 15) is 14.0 Å². The Labute approximate surface area is 208 Å². The van der Waals surface area contributed by atoms with Gasteiger partial charge in [-0.1, -0.05) is 54.6 Å². The molecule has 0 amide bonds. The Hall–Kier alpha value is -3.98. The van der Waals surface area contributed by atoms with E-state index in [1.54, 1.807) is 19.2 Å². The van der Waals surface area contributed by atoms with E-state index in [1.165, 1.54) is 17.7 Å². The van der Waals surface area contributed by atoms with Crippen molar-refractivity contribution in [2.24, 2.45) is 14.1 Å². The Morgan fingerprint density at radius 2 is 1.61 bits per heavy atom. The molecule has 9 heteroatoms. The molecule has 186 valence electrons. The fourth-order valence-electron chi connectivity index (χ4n) is 4.72. The molecule has 5 rings (SSSR count). The Bertz CT molecular complexity index is 1530. The van der Waals surface area contributed by atoms with Gasteiger partial charge in [-0.25, -0.2) is 14.2 Å². The summed E-state index contributed by atoms with van der Waals surface area (Å²) in [6.45, 7) is 3.81. The van der Waals surface area contributed by atoms with Gasteiger partial charge in [0.2, 0.25) is 0 Å². The normalized spacial score (nSPS) is 14.8. The van der Waals surface area contributed by atoms with Crippen LogP contribution in [0.15, 0.2) is 70.3 Å². The van der Waals surface area contributed by atoms with Gasteiger partial charge in [-0.3, -0.25) is 18.8 Å². The molecule has 0 aliphatic carbocycles. The summed E-state index contributed by atoms with van der Waals surface area (Å²) in [7, 11) is 3.13. The number of imidazole rings is 1. The first kappa shape index (κ1) is 23.7. The first-order chi connectivity index (χ1) is 17.4. The summed E-state index contributed by atoms with van der Waals surface area (Å²) < 4.78 is 18.7. The van der Waals surface area contributed by atoms with Crippen molar-refractivity contribution >= 4 is 22.9 Å². The highest BCUT2D eigenvalue weighted by atomic mass is 19.1. The molecule has 1 saturated heterocycles. The smallest absolute Gasteiger partial charge is 0.332 e. The quantitative estimate of drug-likeness (QED) is 0.418. The molecule has 3 heterocycles. The van der Waals surface area contributed by atoms with Gasteiger partial charge < -0.3 is 9.47 Å². The lowest BCUT2D eigenvalue weighted by Crippen LogP contribution is -2.46. The van der Waals surface area contributed by atoms with Gasteiger partial charge in [0.05, 0.1) is 12.2 Å². The number of halogens is 1. The third kappa shape index (κ3) is 4.49. The van der Waals surface area contributed by atoms with Gasteiger partial charge in [0.25, 0.3) is 5.56 Å². The maximum atomic E-state index is 14.2. The van der Waals surface area contributed by atoms with Gasteiger partial charge in [-0.15, -0.1) is 0 Å². The van der Waals surface area contributed by atoms with Crippen molar-refractivity contribution in [3.8, 4) is 0 Å². The second kappa shape index (κ2) is 9.94. The minimum atomic E-state index is -0.401. The minimum absolute atomic E-state index is 0.213. The summed E-state index contributed by atoms with van der Waals surface area (Å²) in [5, 5.41) is 0. The molecule has 2 aromatic heterocycles. The van der Waals surface area contributed by atoms with E-state index < -0.39 is 5.69 Å². The van der Waals surface area contributed by atoms with E-state index in [2.05, 4.69) is 9.80 Å². The van der Waals surface area contributed by atoms with E-state index in [-0.39, 0.29) is 11.4 Å². The molecule has 0 radical (unpaired) electrons. The number of fused-ring (bicyclic) bond motifs is 1. The van der Waals surface area contributed by atoms with E-state index in [0.717, 1.165) is 29.0 Å². The Kier molecular flexibility index (Phi) is 6.56. The second-order valence-corrected chi connectivity index (χ2v) is 9.04. The number of anilines is 1. The molecule has 1 aliphatic rings. The molecule has 36 heavy (non-hydrogen) atoms. The van der Waals surface area contributed by atoms with Crippen molar-refractivity contribution in [3.63, 3.8) is 0 Å². The summed E-state index contributed by atoms with van der Waals surface area (Å²) in [5.74, 6) is 0.509. The molecule has 0 unspecified atom stereocenters. The van der Waals surface area contributed by atoms with Crippen molar-refractivity contribution in [3.05, 3.63) is 98.7 Å². The molecule has 0 bridgehead atoms. The molecule has 2 aromatic carbocycles. The number of piperazine rings is 1. The molecular weight excluding hydrogens is 459 g/mol. The van der Waals surface area contributed by atoms with E-state index in [1.807, 2.05) is 53.1 Å². The predicted octanol–water partition coefficient (Wildman–Crippen LogP) is 2.61. The van der Waals surface area contributed by atoms with Crippen molar-refractivity contribution in [1.82, 2.24) is 23.6 Å². The minimum Gasteiger partial charge on any atom is -0.367 e. The van der Waals surface area contributed by atoms with Gasteiger partial charge in [0, 0.05) is 46.8 Å². The average Bonchev–Trinajstić information content (AvgIpc) is 3.26. The van der Waals surface area contributed by atoms with Gasteiger partial charge in [-0.2, -0.15) is 0 Å². The molecule has 0 saturated carbocycles. The molecule has 0 spiro atoms. The fraction of sp³-hybridized carbons (Fsp3) is 0.296. The van der Waals surface area contributed by atoms with Crippen LogP contribution < -0.4 is 16.1 Å². The van der Waals surface area contributed by atoms with Crippen molar-refractivity contribution < 1.29 is 4.39 Å². The largest absolute Gasteiger partial charge is 0.367 e. The van der Waals surface area contributed by atoms with Crippen LogP contribution in [0.25, 0.3) is 17.2 Å². The number of nitrogens with zero attached hydrogens (tertiary/aromatic N) is 6. The summed E-state index contributed by atoms with van der Waals surface area (Å²) in [4.78, 5) is 34.7. The van der Waals surface area contributed by atoms with Crippen LogP contribution >= 0.6 is 0 Å². The molecule has 1 aliphatic heterocycles. The standard InChI is InChI=1S/C27H29FN6O2/c1-30-25-24(26(35)31(2)27(30)36)34(14-8-11-20-9-4-3-5-10-20)23(29-25)19-32-15-17-33(18-16-32)22-13-7-6-12-21(22)28/h3-13H,14-19H2,1-2H3. The zero-order valence-electron chi connectivity index (χ0n) is 20.5. The Morgan fingerprint density at radius 3 is 2.33 bits per heavy atom. The fourth-order valence-corrected chi connectivity index (χ4v) is 4.72. The number of allylic oxidation sites excluding steroid dienone is 1. The van der Waals surface area contributed by atoms with Crippen molar-refractivity contribution in [1.29, 1.82) is 0 Å². The number of hydrogen-bond acceptors (Lipinski definition) is 5. The lowest BCUT2D eigenvalue weighted by molar-refractivity contribution is 0.241. The van der Waals surface area contributed by atoms with Crippen LogP contribution in [-0.2, 0) is 27.2 Å². The lowest BCUT2D eigenvalue weighted by Gasteiger charge is -2.36. The highest BCUT2D eigenvalue weighted by Crippen LogP contribution is 2.21. The Balaban J connectivity index is 1.43. The van der Waals surface area contributed by atoms with Gasteiger partial charge >= 0.3 is 5.69 Å². The van der Waals surface area contributed by atoms with E-state index in [0.29, 0.717) is 43.0 Å². The third-order valence-electron chi connectivity index (χ3n) is 6.76. The summed E-state index contributed by atoms with van der Waals surface area (Å²) >= 11 is 0. The van der Waals surface area contributed by atoms with Crippen molar-refractivity contribution in [2.75, 3.05) is 31.1 Å². The maximum Gasteiger partial charge on any atom is 0.332 e. The SMILES string of the molecule is Cn1c(=O)c2c(nc(CN3CCN(c4ccccc4F)CC3)n2CC=Cc2ccccc2)n(C)c1=O. The molecule has 0 N–H and O–H groups in total. The van der Waals surface area contributed by atoms with Crippen LogP contribution in [-0.4, -0.2) is 49.8 Å². The van der Waals surface area contributed by atoms with Crippen molar-refractivity contribution in [2.45, 2.75) is 13.1 Å². The van der Waals surface area contributed by atoms with Crippen LogP contribution in [0.1, 0.15) is 11.4 Å². The third-order valence-corrected chi connectivity index (χ3v) is 6.76. The summed E-state index contributed by atoms with van der Waals surface area (Å²) in [6.07, 6.45) is 4.01. The Morgan fingerprint density at radius 1 is 0.917 bits per heavy atom. The number of rotatable bonds is 6. The summed E-state index contributed by atoms with van der Waals surface area (Å²) in [6, 6.07) is 16.8. The van der Waals surface area contributed by atoms with Gasteiger partial charge in [0.1, 0.15) is 11.6 Å². The first-order valence-corrected chi connectivity index (χ1v) is 12.0. The number of benzene rings is 2. The molecule has 1 fully saturated rings. The first-order valence-electron chi connectivity index (χ1n) is 12.0. The zero-order chi connectivity index (χ0) is 25.2. The molecule has 4 aromatic rings. The highest BCUT2D eigenvalue weighted by Gasteiger charge is 2.23. The summed E-state index contributed by atoms with van der Waals surface area (Å²) in [5.41, 5.74) is 1.72. The predicted molar refractivity (Wildman–Crippen MR) is 140 cm³/mol.